The Balaban J connectivity index is 2.18. The average molecular weight is 288 g/mol. The summed E-state index contributed by atoms with van der Waals surface area (Å²) in [6.45, 7) is 15.2. The number of aryl methyl sites for hydroxylation is 1. The summed E-state index contributed by atoms with van der Waals surface area (Å²) in [6, 6.07) is 2.29. The Bertz CT molecular complexity index is 473. The second-order valence-electron chi connectivity index (χ2n) is 8.79. The van der Waals surface area contributed by atoms with Gasteiger partial charge in [0.2, 0.25) is 0 Å². The van der Waals surface area contributed by atoms with Gasteiger partial charge in [0.1, 0.15) is 0 Å². The van der Waals surface area contributed by atoms with Gasteiger partial charge >= 0.3 is 0 Å². The van der Waals surface area contributed by atoms with Crippen molar-refractivity contribution >= 4 is 0 Å². The first-order valence-corrected chi connectivity index (χ1v) is 8.70. The van der Waals surface area contributed by atoms with Gasteiger partial charge in [0.25, 0.3) is 0 Å². The van der Waals surface area contributed by atoms with Gasteiger partial charge < -0.3 is 0 Å². The second-order valence-corrected chi connectivity index (χ2v) is 8.79. The predicted octanol–water partition coefficient (Wildman–Crippen LogP) is 5.19. The summed E-state index contributed by atoms with van der Waals surface area (Å²) in [6.07, 6.45) is 11.8. The Morgan fingerprint density at radius 1 is 1.05 bits per heavy atom. The minimum absolute atomic E-state index is 0.224. The van der Waals surface area contributed by atoms with Crippen molar-refractivity contribution in [1.29, 1.82) is 0 Å². The maximum atomic E-state index is 2.46. The Morgan fingerprint density at radius 2 is 1.67 bits per heavy atom. The normalized spacial score (nSPS) is 18.0. The van der Waals surface area contributed by atoms with E-state index in [1.807, 2.05) is 0 Å². The molecule has 0 N–H and O–H groups in total. The first kappa shape index (κ1) is 16.5. The van der Waals surface area contributed by atoms with Crippen LogP contribution < -0.4 is 4.57 Å². The Kier molecular flexibility index (Phi) is 4.80. The molecular formula is C20H34N+. The fourth-order valence-electron chi connectivity index (χ4n) is 3.98. The van der Waals surface area contributed by atoms with Crippen molar-refractivity contribution in [3.05, 3.63) is 29.6 Å². The average Bonchev–Trinajstić information content (AvgIpc) is 2.40. The summed E-state index contributed by atoms with van der Waals surface area (Å²) in [7, 11) is 0. The smallest absolute Gasteiger partial charge is 0.172 e. The van der Waals surface area contributed by atoms with E-state index in [0.29, 0.717) is 5.41 Å². The molecule has 0 spiro atoms. The summed E-state index contributed by atoms with van der Waals surface area (Å²) < 4.78 is 2.43. The topological polar surface area (TPSA) is 3.88 Å². The lowest BCUT2D eigenvalue weighted by atomic mass is 9.71. The molecule has 0 radical (unpaired) electrons. The lowest BCUT2D eigenvalue weighted by Gasteiger charge is -2.34. The van der Waals surface area contributed by atoms with Gasteiger partial charge in [0.15, 0.2) is 18.9 Å². The summed E-state index contributed by atoms with van der Waals surface area (Å²) in [5, 5.41) is 0. The van der Waals surface area contributed by atoms with Crippen LogP contribution in [-0.4, -0.2) is 0 Å². The molecule has 118 valence electrons. The van der Waals surface area contributed by atoms with Gasteiger partial charge in [-0.25, -0.2) is 4.57 Å². The van der Waals surface area contributed by atoms with Crippen LogP contribution in [0.5, 0.6) is 0 Å². The zero-order valence-corrected chi connectivity index (χ0v) is 15.0. The Labute approximate surface area is 131 Å². The largest absolute Gasteiger partial charge is 0.204 e. The molecule has 0 bridgehead atoms. The van der Waals surface area contributed by atoms with Crippen LogP contribution in [0.2, 0.25) is 0 Å². The highest BCUT2D eigenvalue weighted by molar-refractivity contribution is 5.26. The molecule has 1 aromatic heterocycles. The van der Waals surface area contributed by atoms with Gasteiger partial charge in [-0.2, -0.15) is 0 Å². The molecule has 21 heavy (non-hydrogen) atoms. The van der Waals surface area contributed by atoms with Gasteiger partial charge in [0.05, 0.1) is 0 Å². The molecule has 1 nitrogen and oxygen atoms in total. The molecule has 0 saturated heterocycles. The van der Waals surface area contributed by atoms with E-state index in [1.54, 1.807) is 0 Å². The number of hydrogen-bond donors (Lipinski definition) is 0. The third-order valence-corrected chi connectivity index (χ3v) is 5.34. The van der Waals surface area contributed by atoms with Crippen LogP contribution in [0.25, 0.3) is 0 Å². The third-order valence-electron chi connectivity index (χ3n) is 5.34. The summed E-state index contributed by atoms with van der Waals surface area (Å²) in [4.78, 5) is 0. The maximum absolute atomic E-state index is 2.46. The monoisotopic (exact) mass is 288 g/mol. The second kappa shape index (κ2) is 6.10. The first-order valence-electron chi connectivity index (χ1n) is 8.70. The van der Waals surface area contributed by atoms with Crippen molar-refractivity contribution in [2.45, 2.75) is 85.6 Å². The van der Waals surface area contributed by atoms with Gasteiger partial charge in [0, 0.05) is 17.0 Å². The molecule has 0 unspecified atom stereocenters. The van der Waals surface area contributed by atoms with Crippen LogP contribution in [0.15, 0.2) is 18.5 Å². The number of hydrogen-bond acceptors (Lipinski definition) is 0. The van der Waals surface area contributed by atoms with Crippen molar-refractivity contribution in [3.63, 3.8) is 0 Å². The van der Waals surface area contributed by atoms with Crippen LogP contribution in [-0.2, 0) is 12.0 Å². The maximum Gasteiger partial charge on any atom is 0.172 e. The van der Waals surface area contributed by atoms with Crippen molar-refractivity contribution in [2.24, 2.45) is 11.3 Å². The van der Waals surface area contributed by atoms with E-state index in [9.17, 15) is 0 Å². The fourth-order valence-corrected chi connectivity index (χ4v) is 3.98. The number of nitrogens with zero attached hydrogens (tertiary/aromatic N) is 1. The number of rotatable bonds is 3. The van der Waals surface area contributed by atoms with Crippen molar-refractivity contribution in [2.75, 3.05) is 0 Å². The molecule has 1 aliphatic rings. The molecule has 1 saturated carbocycles. The van der Waals surface area contributed by atoms with E-state index in [4.69, 9.17) is 0 Å². The molecule has 1 heteroatoms. The molecule has 0 aromatic carbocycles. The zero-order valence-electron chi connectivity index (χ0n) is 15.0. The SMILES string of the molecule is Cc1cc[n+](CC(C)(C)C2CCCCC2)cc1C(C)(C)C. The molecule has 0 aliphatic heterocycles. The lowest BCUT2D eigenvalue weighted by molar-refractivity contribution is -0.711. The predicted molar refractivity (Wildman–Crippen MR) is 90.4 cm³/mol. The van der Waals surface area contributed by atoms with Gasteiger partial charge in [-0.05, 0) is 36.7 Å². The Hall–Kier alpha value is -0.850. The third kappa shape index (κ3) is 4.08. The first-order chi connectivity index (χ1) is 9.70. The molecule has 0 amide bonds. The molecule has 1 heterocycles. The van der Waals surface area contributed by atoms with Gasteiger partial charge in [-0.1, -0.05) is 53.9 Å². The highest BCUT2D eigenvalue weighted by Crippen LogP contribution is 2.38. The van der Waals surface area contributed by atoms with E-state index in [-0.39, 0.29) is 5.41 Å². The molecule has 1 aromatic rings. The minimum Gasteiger partial charge on any atom is -0.204 e. The van der Waals surface area contributed by atoms with Crippen LogP contribution in [0.1, 0.15) is 77.8 Å². The van der Waals surface area contributed by atoms with Crippen molar-refractivity contribution in [1.82, 2.24) is 0 Å². The van der Waals surface area contributed by atoms with Crippen molar-refractivity contribution in [3.8, 4) is 0 Å². The summed E-state index contributed by atoms with van der Waals surface area (Å²) >= 11 is 0. The minimum atomic E-state index is 0.224. The highest BCUT2D eigenvalue weighted by atomic mass is 14.9. The van der Waals surface area contributed by atoms with Gasteiger partial charge in [-0.15, -0.1) is 0 Å². The van der Waals surface area contributed by atoms with Gasteiger partial charge in [-0.3, -0.25) is 0 Å². The van der Waals surface area contributed by atoms with Crippen LogP contribution in [0.3, 0.4) is 0 Å². The fraction of sp³-hybridized carbons (Fsp3) is 0.750. The summed E-state index contributed by atoms with van der Waals surface area (Å²) in [5.74, 6) is 0.887. The van der Waals surface area contributed by atoms with Crippen molar-refractivity contribution < 1.29 is 4.57 Å². The molecule has 2 rings (SSSR count). The van der Waals surface area contributed by atoms with Crippen LogP contribution >= 0.6 is 0 Å². The summed E-state index contributed by atoms with van der Waals surface area (Å²) in [5.41, 5.74) is 3.51. The Morgan fingerprint density at radius 3 is 2.24 bits per heavy atom. The van der Waals surface area contributed by atoms with Crippen LogP contribution in [0.4, 0.5) is 0 Å². The standard InChI is InChI=1S/C20H34N/c1-16-12-13-21(14-18(16)19(2,3)4)15-20(5,6)17-10-8-7-9-11-17/h12-14,17H,7-11,15H2,1-6H3/q+1. The molecule has 0 atom stereocenters. The molecule has 1 aliphatic carbocycles. The van der Waals surface area contributed by atoms with Crippen LogP contribution in [0, 0.1) is 18.3 Å². The number of aromatic nitrogens is 1. The lowest BCUT2D eigenvalue weighted by Crippen LogP contribution is -2.45. The highest BCUT2D eigenvalue weighted by Gasteiger charge is 2.34. The van der Waals surface area contributed by atoms with E-state index in [2.05, 4.69) is 64.6 Å². The zero-order chi connectivity index (χ0) is 15.7. The number of pyridine rings is 1. The van der Waals surface area contributed by atoms with E-state index in [1.165, 1.54) is 43.2 Å². The quantitative estimate of drug-likeness (QED) is 0.674. The van der Waals surface area contributed by atoms with E-state index in [0.717, 1.165) is 12.5 Å². The molecule has 1 fully saturated rings. The van der Waals surface area contributed by atoms with E-state index >= 15 is 0 Å². The molecular weight excluding hydrogens is 254 g/mol. The van der Waals surface area contributed by atoms with E-state index < -0.39 is 0 Å².